The molecule has 0 radical (unpaired) electrons. The van der Waals surface area contributed by atoms with E-state index < -0.39 is 22.4 Å². The molecule has 0 unspecified atom stereocenters. The van der Waals surface area contributed by atoms with Crippen LogP contribution in [0.15, 0.2) is 0 Å². The summed E-state index contributed by atoms with van der Waals surface area (Å²) in [5.41, 5.74) is 0. The molecule has 12 heavy (non-hydrogen) atoms. The fraction of sp³-hybridized carbons (Fsp3) is 0.400. The van der Waals surface area contributed by atoms with E-state index >= 15 is 0 Å². The van der Waals surface area contributed by atoms with Gasteiger partial charge in [0.25, 0.3) is 0 Å². The van der Waals surface area contributed by atoms with Crippen molar-refractivity contribution in [3.63, 3.8) is 0 Å². The molecule has 1 aliphatic rings. The monoisotopic (exact) mass is 224 g/mol. The van der Waals surface area contributed by atoms with Gasteiger partial charge >= 0.3 is 11.9 Å². The Morgan fingerprint density at radius 3 is 1.75 bits per heavy atom. The minimum atomic E-state index is -1.13. The summed E-state index contributed by atoms with van der Waals surface area (Å²) in [4.78, 5) is 21.0. The predicted octanol–water partition coefficient (Wildman–Crippen LogP) is 0.658. The van der Waals surface area contributed by atoms with E-state index in [-0.39, 0.29) is 0 Å². The van der Waals surface area contributed by atoms with Crippen LogP contribution in [0.1, 0.15) is 0 Å². The third-order valence-electron chi connectivity index (χ3n) is 1.21. The van der Waals surface area contributed by atoms with Crippen molar-refractivity contribution in [2.24, 2.45) is 0 Å². The average molecular weight is 224 g/mol. The summed E-state index contributed by atoms with van der Waals surface area (Å²) in [6.07, 6.45) is 0. The van der Waals surface area contributed by atoms with E-state index in [2.05, 4.69) is 0 Å². The highest BCUT2D eigenvalue weighted by molar-refractivity contribution is 8.50. The van der Waals surface area contributed by atoms with Gasteiger partial charge in [-0.1, -0.05) is 35.7 Å². The van der Waals surface area contributed by atoms with Gasteiger partial charge in [0.2, 0.25) is 0 Å². The molecule has 0 aliphatic carbocycles. The molecule has 4 nitrogen and oxygen atoms in total. The minimum Gasteiger partial charge on any atom is -0.480 e. The van der Waals surface area contributed by atoms with Crippen LogP contribution in [0.5, 0.6) is 0 Å². The Morgan fingerprint density at radius 1 is 1.17 bits per heavy atom. The first-order valence-corrected chi connectivity index (χ1v) is 5.02. The number of carboxylic acids is 2. The maximum atomic E-state index is 10.5. The lowest BCUT2D eigenvalue weighted by molar-refractivity contribution is -0.142. The minimum absolute atomic E-state index is 0.384. The number of aliphatic carboxylic acids is 2. The van der Waals surface area contributed by atoms with Crippen LogP contribution >= 0.6 is 35.7 Å². The van der Waals surface area contributed by atoms with Crippen LogP contribution in [0, 0.1) is 0 Å². The van der Waals surface area contributed by atoms with E-state index in [4.69, 9.17) is 22.4 Å². The van der Waals surface area contributed by atoms with Crippen LogP contribution in [-0.2, 0) is 9.59 Å². The molecule has 0 spiro atoms. The highest BCUT2D eigenvalue weighted by Gasteiger charge is 2.42. The lowest BCUT2D eigenvalue weighted by atomic mass is 10.3. The topological polar surface area (TPSA) is 74.6 Å². The predicted molar refractivity (Wildman–Crippen MR) is 50.6 cm³/mol. The van der Waals surface area contributed by atoms with Crippen LogP contribution in [-0.4, -0.2) is 36.2 Å². The molecule has 0 aromatic rings. The van der Waals surface area contributed by atoms with Gasteiger partial charge in [0, 0.05) is 0 Å². The van der Waals surface area contributed by atoms with E-state index in [9.17, 15) is 9.59 Å². The summed E-state index contributed by atoms with van der Waals surface area (Å²) >= 11 is 6.56. The maximum absolute atomic E-state index is 10.5. The Balaban J connectivity index is 2.79. The molecule has 1 aliphatic heterocycles. The van der Waals surface area contributed by atoms with Gasteiger partial charge < -0.3 is 10.2 Å². The number of thioether (sulfide) groups is 2. The second kappa shape index (κ2) is 3.63. The van der Waals surface area contributed by atoms with Crippen molar-refractivity contribution in [2.75, 3.05) is 0 Å². The zero-order valence-electron chi connectivity index (χ0n) is 5.59. The fourth-order valence-corrected chi connectivity index (χ4v) is 3.61. The van der Waals surface area contributed by atoms with Crippen LogP contribution < -0.4 is 0 Å². The second-order valence-electron chi connectivity index (χ2n) is 2.00. The fourth-order valence-electron chi connectivity index (χ4n) is 0.719. The zero-order valence-corrected chi connectivity index (χ0v) is 8.04. The SMILES string of the molecule is O=C(O)[C@H]1SC(=S)S[C@@H]1C(=O)O. The second-order valence-corrected chi connectivity index (χ2v) is 5.49. The van der Waals surface area contributed by atoms with Crippen molar-refractivity contribution < 1.29 is 19.8 Å². The van der Waals surface area contributed by atoms with Crippen molar-refractivity contribution in [1.29, 1.82) is 0 Å². The van der Waals surface area contributed by atoms with Crippen molar-refractivity contribution in [3.8, 4) is 0 Å². The summed E-state index contributed by atoms with van der Waals surface area (Å²) in [7, 11) is 0. The third kappa shape index (κ3) is 1.90. The van der Waals surface area contributed by atoms with Gasteiger partial charge in [0.05, 0.1) is 0 Å². The van der Waals surface area contributed by atoms with E-state index in [1.54, 1.807) is 0 Å². The summed E-state index contributed by atoms with van der Waals surface area (Å²) in [5.74, 6) is -2.25. The third-order valence-corrected chi connectivity index (χ3v) is 4.38. The van der Waals surface area contributed by atoms with Gasteiger partial charge in [-0.05, 0) is 0 Å². The summed E-state index contributed by atoms with van der Waals surface area (Å²) in [6, 6.07) is 0. The van der Waals surface area contributed by atoms with Crippen molar-refractivity contribution >= 4 is 51.2 Å². The lowest BCUT2D eigenvalue weighted by Crippen LogP contribution is -2.31. The summed E-state index contributed by atoms with van der Waals surface area (Å²) < 4.78 is 0.384. The molecule has 2 atom stereocenters. The molecule has 0 saturated carbocycles. The number of carboxylic acid groups (broad SMARTS) is 2. The Labute approximate surface area is 81.7 Å². The number of hydrogen-bond donors (Lipinski definition) is 2. The van der Waals surface area contributed by atoms with E-state index in [1.165, 1.54) is 0 Å². The Bertz CT molecular complexity index is 227. The van der Waals surface area contributed by atoms with Gasteiger partial charge in [0.15, 0.2) is 0 Å². The summed E-state index contributed by atoms with van der Waals surface area (Å²) in [5, 5.41) is 15.3. The van der Waals surface area contributed by atoms with Crippen LogP contribution in [0.3, 0.4) is 0 Å². The lowest BCUT2D eigenvalue weighted by Gasteiger charge is -2.06. The molecule has 0 amide bonds. The Kier molecular flexibility index (Phi) is 2.97. The van der Waals surface area contributed by atoms with E-state index in [0.29, 0.717) is 3.53 Å². The average Bonchev–Trinajstić information content (AvgIpc) is 2.31. The number of carbonyl (C=O) groups is 2. The van der Waals surface area contributed by atoms with Crippen LogP contribution in [0.25, 0.3) is 0 Å². The van der Waals surface area contributed by atoms with Gasteiger partial charge in [-0.25, -0.2) is 0 Å². The summed E-state index contributed by atoms with van der Waals surface area (Å²) in [6.45, 7) is 0. The molecule has 7 heteroatoms. The first-order chi connectivity index (χ1) is 5.52. The highest BCUT2D eigenvalue weighted by atomic mass is 32.2. The quantitative estimate of drug-likeness (QED) is 0.667. The largest absolute Gasteiger partial charge is 0.480 e. The molecule has 1 fully saturated rings. The number of thiocarbonyl (C=S) groups is 1. The zero-order chi connectivity index (χ0) is 9.30. The number of hydrogen-bond acceptors (Lipinski definition) is 5. The molecule has 2 N–H and O–H groups in total. The maximum Gasteiger partial charge on any atom is 0.318 e. The normalized spacial score (nSPS) is 28.8. The molecule has 1 saturated heterocycles. The molecule has 1 heterocycles. The first kappa shape index (κ1) is 9.82. The highest BCUT2D eigenvalue weighted by Crippen LogP contribution is 2.39. The molecule has 1 rings (SSSR count). The molecule has 66 valence electrons. The molecule has 0 bridgehead atoms. The standard InChI is InChI=1S/C5H4O4S3/c6-3(7)1-2(4(8)9)12-5(10)11-1/h1-2H,(H,6,7)(H,8,9)/t1-,2-/m0/s1. The van der Waals surface area contributed by atoms with Gasteiger partial charge in [0.1, 0.15) is 14.0 Å². The Hall–Kier alpha value is -0.270. The van der Waals surface area contributed by atoms with Gasteiger partial charge in [-0.2, -0.15) is 0 Å². The molecule has 0 aromatic carbocycles. The Morgan fingerprint density at radius 2 is 1.50 bits per heavy atom. The van der Waals surface area contributed by atoms with E-state index in [1.807, 2.05) is 0 Å². The van der Waals surface area contributed by atoms with E-state index in [0.717, 1.165) is 23.5 Å². The molecule has 0 aromatic heterocycles. The van der Waals surface area contributed by atoms with Crippen LogP contribution in [0.4, 0.5) is 0 Å². The number of rotatable bonds is 2. The van der Waals surface area contributed by atoms with Crippen LogP contribution in [0.2, 0.25) is 0 Å². The van der Waals surface area contributed by atoms with Crippen molar-refractivity contribution in [2.45, 2.75) is 10.5 Å². The van der Waals surface area contributed by atoms with Crippen molar-refractivity contribution in [3.05, 3.63) is 0 Å². The molecular formula is C5H4O4S3. The smallest absolute Gasteiger partial charge is 0.318 e. The van der Waals surface area contributed by atoms with Crippen molar-refractivity contribution in [1.82, 2.24) is 0 Å². The van der Waals surface area contributed by atoms with Gasteiger partial charge in [-0.15, -0.1) is 0 Å². The first-order valence-electron chi connectivity index (χ1n) is 2.85. The molecular weight excluding hydrogens is 220 g/mol. The van der Waals surface area contributed by atoms with Gasteiger partial charge in [-0.3, -0.25) is 9.59 Å².